The summed E-state index contributed by atoms with van der Waals surface area (Å²) in [7, 11) is -2.02. The molecule has 158 valence electrons. The van der Waals surface area contributed by atoms with Crippen molar-refractivity contribution < 1.29 is 17.9 Å². The molecular weight excluding hydrogens is 422 g/mol. The Morgan fingerprint density at radius 3 is 2.60 bits per heavy atom. The minimum absolute atomic E-state index is 0.145. The van der Waals surface area contributed by atoms with Crippen LogP contribution in [0.2, 0.25) is 0 Å². The van der Waals surface area contributed by atoms with Crippen LogP contribution in [-0.4, -0.2) is 43.8 Å². The van der Waals surface area contributed by atoms with E-state index in [0.29, 0.717) is 18.2 Å². The minimum Gasteiger partial charge on any atom is -0.497 e. The number of ether oxygens (including phenoxy) is 1. The molecule has 0 saturated carbocycles. The fourth-order valence-corrected chi connectivity index (χ4v) is 5.94. The van der Waals surface area contributed by atoms with Crippen molar-refractivity contribution in [3.63, 3.8) is 0 Å². The predicted molar refractivity (Wildman–Crippen MR) is 118 cm³/mol. The minimum atomic E-state index is -3.62. The SMILES string of the molecule is COc1ccc2nc(NC(=O)c3cccc(S(=O)(=O)N4CCCCCC4)c3)sc2c1. The van der Waals surface area contributed by atoms with Gasteiger partial charge in [-0.3, -0.25) is 10.1 Å². The summed E-state index contributed by atoms with van der Waals surface area (Å²) in [6.07, 6.45) is 3.81. The van der Waals surface area contributed by atoms with E-state index in [1.165, 1.54) is 21.7 Å². The van der Waals surface area contributed by atoms with Gasteiger partial charge in [0.15, 0.2) is 5.13 Å². The molecule has 2 heterocycles. The average Bonchev–Trinajstić information content (AvgIpc) is 2.95. The van der Waals surface area contributed by atoms with Crippen LogP contribution in [0, 0.1) is 0 Å². The molecule has 7 nitrogen and oxygen atoms in total. The largest absolute Gasteiger partial charge is 0.497 e. The number of nitrogens with one attached hydrogen (secondary N) is 1. The molecule has 0 bridgehead atoms. The number of rotatable bonds is 5. The quantitative estimate of drug-likeness (QED) is 0.638. The van der Waals surface area contributed by atoms with E-state index in [9.17, 15) is 13.2 Å². The highest BCUT2D eigenvalue weighted by Crippen LogP contribution is 2.29. The number of thiazole rings is 1. The van der Waals surface area contributed by atoms with Crippen molar-refractivity contribution in [1.82, 2.24) is 9.29 Å². The number of anilines is 1. The van der Waals surface area contributed by atoms with Crippen LogP contribution in [0.3, 0.4) is 0 Å². The molecular formula is C21H23N3O4S2. The third-order valence-electron chi connectivity index (χ3n) is 5.12. The van der Waals surface area contributed by atoms with Gasteiger partial charge in [0.2, 0.25) is 10.0 Å². The van der Waals surface area contributed by atoms with E-state index in [4.69, 9.17) is 4.74 Å². The Morgan fingerprint density at radius 2 is 1.87 bits per heavy atom. The Balaban J connectivity index is 1.55. The van der Waals surface area contributed by atoms with Crippen molar-refractivity contribution in [3.8, 4) is 5.75 Å². The molecule has 1 aromatic heterocycles. The first-order chi connectivity index (χ1) is 14.5. The predicted octanol–water partition coefficient (Wildman–Crippen LogP) is 4.12. The maximum Gasteiger partial charge on any atom is 0.257 e. The number of nitrogens with zero attached hydrogens (tertiary/aromatic N) is 2. The molecule has 0 atom stereocenters. The molecule has 1 fully saturated rings. The van der Waals surface area contributed by atoms with Crippen LogP contribution in [0.1, 0.15) is 36.0 Å². The molecule has 0 unspecified atom stereocenters. The number of amides is 1. The second kappa shape index (κ2) is 8.71. The highest BCUT2D eigenvalue weighted by Gasteiger charge is 2.26. The summed E-state index contributed by atoms with van der Waals surface area (Å²) in [5.41, 5.74) is 1.04. The molecule has 1 saturated heterocycles. The lowest BCUT2D eigenvalue weighted by Gasteiger charge is -2.20. The summed E-state index contributed by atoms with van der Waals surface area (Å²) in [6, 6.07) is 11.7. The fourth-order valence-electron chi connectivity index (χ4n) is 3.48. The maximum atomic E-state index is 13.0. The van der Waals surface area contributed by atoms with Gasteiger partial charge in [0.1, 0.15) is 5.75 Å². The topological polar surface area (TPSA) is 88.6 Å². The molecule has 1 aliphatic rings. The van der Waals surface area contributed by atoms with E-state index < -0.39 is 15.9 Å². The number of sulfonamides is 1. The molecule has 0 radical (unpaired) electrons. The molecule has 0 aliphatic carbocycles. The van der Waals surface area contributed by atoms with Gasteiger partial charge in [-0.25, -0.2) is 13.4 Å². The van der Waals surface area contributed by atoms with Crippen LogP contribution >= 0.6 is 11.3 Å². The first-order valence-corrected chi connectivity index (χ1v) is 12.1. The van der Waals surface area contributed by atoms with Gasteiger partial charge in [0, 0.05) is 18.7 Å². The normalized spacial score (nSPS) is 15.6. The van der Waals surface area contributed by atoms with E-state index in [0.717, 1.165) is 41.6 Å². The number of carbonyl (C=O) groups excluding carboxylic acids is 1. The zero-order valence-corrected chi connectivity index (χ0v) is 18.3. The van der Waals surface area contributed by atoms with Crippen LogP contribution < -0.4 is 10.1 Å². The lowest BCUT2D eigenvalue weighted by atomic mass is 10.2. The van der Waals surface area contributed by atoms with Gasteiger partial charge in [-0.05, 0) is 49.2 Å². The van der Waals surface area contributed by atoms with Gasteiger partial charge in [-0.15, -0.1) is 0 Å². The van der Waals surface area contributed by atoms with E-state index in [2.05, 4.69) is 10.3 Å². The Morgan fingerprint density at radius 1 is 1.10 bits per heavy atom. The molecule has 1 amide bonds. The molecule has 9 heteroatoms. The van der Waals surface area contributed by atoms with Gasteiger partial charge < -0.3 is 4.74 Å². The number of hydrogen-bond acceptors (Lipinski definition) is 6. The van der Waals surface area contributed by atoms with Crippen molar-refractivity contribution in [2.45, 2.75) is 30.6 Å². The van der Waals surface area contributed by atoms with Crippen LogP contribution in [0.4, 0.5) is 5.13 Å². The molecule has 0 spiro atoms. The fraction of sp³-hybridized carbons (Fsp3) is 0.333. The first-order valence-electron chi connectivity index (χ1n) is 9.83. The lowest BCUT2D eigenvalue weighted by Crippen LogP contribution is -2.32. The van der Waals surface area contributed by atoms with Crippen LogP contribution in [-0.2, 0) is 10.0 Å². The zero-order chi connectivity index (χ0) is 21.1. The Labute approximate surface area is 179 Å². The van der Waals surface area contributed by atoms with E-state index in [1.54, 1.807) is 25.3 Å². The Bertz CT molecular complexity index is 1170. The number of aromatic nitrogens is 1. The van der Waals surface area contributed by atoms with Crippen molar-refractivity contribution >= 4 is 42.6 Å². The van der Waals surface area contributed by atoms with E-state index >= 15 is 0 Å². The van der Waals surface area contributed by atoms with Gasteiger partial charge in [-0.2, -0.15) is 4.31 Å². The third kappa shape index (κ3) is 4.33. The van der Waals surface area contributed by atoms with E-state index in [-0.39, 0.29) is 10.5 Å². The van der Waals surface area contributed by atoms with Crippen LogP contribution in [0.15, 0.2) is 47.4 Å². The number of benzene rings is 2. The van der Waals surface area contributed by atoms with Gasteiger partial charge in [0.05, 0.1) is 22.2 Å². The van der Waals surface area contributed by atoms with Crippen LogP contribution in [0.25, 0.3) is 10.2 Å². The highest BCUT2D eigenvalue weighted by atomic mass is 32.2. The summed E-state index contributed by atoms with van der Waals surface area (Å²) in [5, 5.41) is 3.22. The second-order valence-corrected chi connectivity index (χ2v) is 10.1. The number of carbonyl (C=O) groups is 1. The molecule has 4 rings (SSSR count). The summed E-state index contributed by atoms with van der Waals surface area (Å²) in [4.78, 5) is 17.3. The summed E-state index contributed by atoms with van der Waals surface area (Å²) < 4.78 is 33.7. The molecule has 1 aliphatic heterocycles. The van der Waals surface area contributed by atoms with Crippen molar-refractivity contribution in [3.05, 3.63) is 48.0 Å². The van der Waals surface area contributed by atoms with Gasteiger partial charge in [0.25, 0.3) is 5.91 Å². The average molecular weight is 446 g/mol. The molecule has 2 aromatic carbocycles. The summed E-state index contributed by atoms with van der Waals surface area (Å²) in [5.74, 6) is 0.324. The zero-order valence-electron chi connectivity index (χ0n) is 16.6. The molecule has 30 heavy (non-hydrogen) atoms. The van der Waals surface area contributed by atoms with Crippen molar-refractivity contribution in [2.75, 3.05) is 25.5 Å². The highest BCUT2D eigenvalue weighted by molar-refractivity contribution is 7.89. The van der Waals surface area contributed by atoms with Crippen molar-refractivity contribution in [1.29, 1.82) is 0 Å². The lowest BCUT2D eigenvalue weighted by molar-refractivity contribution is 0.102. The van der Waals surface area contributed by atoms with Gasteiger partial charge in [-0.1, -0.05) is 30.2 Å². The standard InChI is InChI=1S/C21H23N3O4S2/c1-28-16-9-10-18-19(14-16)29-21(22-18)23-20(25)15-7-6-8-17(13-15)30(26,27)24-11-4-2-3-5-12-24/h6-10,13-14H,2-5,11-12H2,1H3,(H,22,23,25). The number of fused-ring (bicyclic) bond motifs is 1. The number of methoxy groups -OCH3 is 1. The van der Waals surface area contributed by atoms with Crippen molar-refractivity contribution in [2.24, 2.45) is 0 Å². The summed E-state index contributed by atoms with van der Waals surface area (Å²) >= 11 is 1.34. The smallest absolute Gasteiger partial charge is 0.257 e. The van der Waals surface area contributed by atoms with E-state index in [1.807, 2.05) is 18.2 Å². The third-order valence-corrected chi connectivity index (χ3v) is 7.94. The monoisotopic (exact) mass is 445 g/mol. The maximum absolute atomic E-state index is 13.0. The number of hydrogen-bond donors (Lipinski definition) is 1. The van der Waals surface area contributed by atoms with Crippen LogP contribution in [0.5, 0.6) is 5.75 Å². The second-order valence-electron chi connectivity index (χ2n) is 7.15. The Kier molecular flexibility index (Phi) is 6.03. The molecule has 3 aromatic rings. The first kappa shape index (κ1) is 20.8. The van der Waals surface area contributed by atoms with Gasteiger partial charge >= 0.3 is 0 Å². The molecule has 1 N–H and O–H groups in total. The summed E-state index contributed by atoms with van der Waals surface area (Å²) in [6.45, 7) is 1.04. The Hall–Kier alpha value is -2.49.